The summed E-state index contributed by atoms with van der Waals surface area (Å²) < 4.78 is 63.0. The molecule has 0 unspecified atom stereocenters. The third-order valence-corrected chi connectivity index (χ3v) is 16.6. The molecule has 0 radical (unpaired) electrons. The number of carbonyl (C=O) groups excluding carboxylic acids is 1. The second-order valence-corrected chi connectivity index (χ2v) is 21.7. The minimum Gasteiger partial charge on any atom is -0.489 e. The van der Waals surface area contributed by atoms with E-state index in [0.29, 0.717) is 49.9 Å². The van der Waals surface area contributed by atoms with Crippen LogP contribution in [0.4, 0.5) is 21.5 Å². The molecule has 18 heteroatoms. The number of rotatable bonds is 11. The quantitative estimate of drug-likeness (QED) is 0.0725. The molecule has 1 spiro atoms. The van der Waals surface area contributed by atoms with Gasteiger partial charge >= 0.3 is 0 Å². The number of aromatic nitrogens is 2. The van der Waals surface area contributed by atoms with Crippen molar-refractivity contribution in [3.63, 3.8) is 0 Å². The van der Waals surface area contributed by atoms with Crippen LogP contribution in [-0.2, 0) is 14.8 Å². The molecule has 4 N–H and O–H groups in total. The van der Waals surface area contributed by atoms with Gasteiger partial charge in [-0.15, -0.1) is 0 Å². The molecule has 68 heavy (non-hydrogen) atoms. The topological polar surface area (TPSA) is 201 Å². The number of fused-ring (bicyclic) bond motifs is 2. The molecule has 360 valence electrons. The number of nitrogens with zero attached hydrogens (tertiary/aromatic N) is 4. The van der Waals surface area contributed by atoms with E-state index in [2.05, 4.69) is 67.9 Å². The molecule has 2 atom stereocenters. The number of nitro benzene ring substituents is 1. The van der Waals surface area contributed by atoms with Crippen LogP contribution < -0.4 is 24.4 Å². The molecule has 2 aromatic heterocycles. The van der Waals surface area contributed by atoms with E-state index in [1.54, 1.807) is 19.1 Å². The summed E-state index contributed by atoms with van der Waals surface area (Å²) in [4.78, 5) is 37.2. The maximum atomic E-state index is 14.7. The number of aliphatic hydroxyl groups is 1. The summed E-state index contributed by atoms with van der Waals surface area (Å²) >= 11 is 0. The first-order chi connectivity index (χ1) is 32.6. The van der Waals surface area contributed by atoms with Crippen molar-refractivity contribution in [3.8, 4) is 17.2 Å². The number of nitro groups is 1. The number of hydrogen-bond acceptors (Lipinski definition) is 13. The second kappa shape index (κ2) is 17.9. The van der Waals surface area contributed by atoms with Crippen LogP contribution in [-0.4, -0.2) is 96.4 Å². The van der Waals surface area contributed by atoms with Gasteiger partial charge in [0, 0.05) is 55.8 Å². The molecule has 2 aliphatic carbocycles. The van der Waals surface area contributed by atoms with Crippen molar-refractivity contribution in [2.24, 2.45) is 11.3 Å². The van der Waals surface area contributed by atoms with Gasteiger partial charge in [-0.25, -0.2) is 22.5 Å². The SMILES string of the molecule is CC(C)c1ccccc1[C@H]1COCCN1C1CC2(CCN(c3ccc(C(=O)NS(=O)(=O)c4cc5c(c([N+](=O)[O-])c4)N[C@@H](C4CCC(C)(O)CC4)CO5)c(Oc4cnc5[nH]cc(F)c5c4)c3)CC2)C1. The Morgan fingerprint density at radius 2 is 1.81 bits per heavy atom. The van der Waals surface area contributed by atoms with Gasteiger partial charge in [0.05, 0.1) is 57.9 Å². The first-order valence-electron chi connectivity index (χ1n) is 23.7. The number of halogens is 1. The fraction of sp³-hybridized carbons (Fsp3) is 0.480. The van der Waals surface area contributed by atoms with E-state index in [1.165, 1.54) is 35.7 Å². The number of hydrogen-bond donors (Lipinski definition) is 4. The van der Waals surface area contributed by atoms with Gasteiger partial charge in [0.15, 0.2) is 11.4 Å². The number of carbonyl (C=O) groups is 1. The fourth-order valence-electron chi connectivity index (χ4n) is 11.3. The Morgan fingerprint density at radius 3 is 2.56 bits per heavy atom. The van der Waals surface area contributed by atoms with Crippen LogP contribution in [0.3, 0.4) is 0 Å². The Morgan fingerprint density at radius 1 is 1.04 bits per heavy atom. The Labute approximate surface area is 394 Å². The molecule has 16 nitrogen and oxygen atoms in total. The first-order valence-corrected chi connectivity index (χ1v) is 25.2. The standard InChI is InChI=1S/C50H58FN7O9S/c1-30(2)36-6-4-5-7-37(36)43-29-65-19-18-57(43)33-24-50(25-33)14-16-56(17-15-50)32-8-9-38(44(20-32)67-34-21-39-40(51)27-53-47(39)52-26-34)48(59)55-68(63,64)35-22-42(58(61)62)46-45(23-35)66-28-41(54-46)31-10-12-49(3,60)13-11-31/h4-9,20-23,26-27,30-31,33,41,43,54,60H,10-19,24-25,28-29H2,1-3H3,(H,52,53)(H,55,59)/t31?,41-,43-,49?/m1/s1. The molecular weight excluding hydrogens is 894 g/mol. The third kappa shape index (κ3) is 8.98. The number of H-pyrrole nitrogens is 1. The van der Waals surface area contributed by atoms with Gasteiger partial charge in [-0.2, -0.15) is 0 Å². The molecule has 5 aliphatic rings. The lowest BCUT2D eigenvalue weighted by atomic mass is 9.59. The predicted octanol–water partition coefficient (Wildman–Crippen LogP) is 8.58. The number of pyridine rings is 1. The number of nitrogens with one attached hydrogen (secondary N) is 3. The van der Waals surface area contributed by atoms with Gasteiger partial charge in [-0.3, -0.25) is 19.8 Å². The highest BCUT2D eigenvalue weighted by atomic mass is 32.2. The summed E-state index contributed by atoms with van der Waals surface area (Å²) in [5.74, 6) is -0.989. The number of sulfonamides is 1. The summed E-state index contributed by atoms with van der Waals surface area (Å²) in [5, 5.41) is 26.2. The summed E-state index contributed by atoms with van der Waals surface area (Å²) in [7, 11) is -4.72. The Balaban J connectivity index is 0.864. The average Bonchev–Trinajstić information content (AvgIpc) is 3.69. The van der Waals surface area contributed by atoms with Crippen LogP contribution in [0.5, 0.6) is 17.2 Å². The molecule has 2 saturated carbocycles. The molecular formula is C50H58FN7O9S. The molecule has 5 aromatic rings. The van der Waals surface area contributed by atoms with E-state index < -0.39 is 42.9 Å². The number of amides is 1. The van der Waals surface area contributed by atoms with Gasteiger partial charge in [0.2, 0.25) is 0 Å². The molecule has 0 bridgehead atoms. The lowest BCUT2D eigenvalue weighted by molar-refractivity contribution is -0.384. The third-order valence-electron chi connectivity index (χ3n) is 15.2. The van der Waals surface area contributed by atoms with Crippen molar-refractivity contribution in [2.75, 3.05) is 49.7 Å². The zero-order chi connectivity index (χ0) is 47.5. The van der Waals surface area contributed by atoms with E-state index in [1.807, 2.05) is 0 Å². The van der Waals surface area contributed by atoms with Crippen LogP contribution in [0.25, 0.3) is 11.0 Å². The number of aromatic amines is 1. The van der Waals surface area contributed by atoms with Crippen LogP contribution in [0.2, 0.25) is 0 Å². The van der Waals surface area contributed by atoms with Gasteiger partial charge in [-0.1, -0.05) is 38.1 Å². The van der Waals surface area contributed by atoms with E-state index in [4.69, 9.17) is 14.2 Å². The molecule has 10 rings (SSSR count). The largest absolute Gasteiger partial charge is 0.489 e. The Hall–Kier alpha value is -5.82. The molecule has 1 amide bonds. The summed E-state index contributed by atoms with van der Waals surface area (Å²) in [6.07, 6.45) is 9.28. The number of piperidine rings is 1. The number of ether oxygens (including phenoxy) is 3. The molecule has 2 saturated heterocycles. The molecule has 4 fully saturated rings. The van der Waals surface area contributed by atoms with Crippen molar-refractivity contribution in [3.05, 3.63) is 106 Å². The second-order valence-electron chi connectivity index (χ2n) is 20.1. The van der Waals surface area contributed by atoms with E-state index in [9.17, 15) is 32.8 Å². The van der Waals surface area contributed by atoms with Crippen LogP contribution in [0.15, 0.2) is 78.0 Å². The number of benzene rings is 3. The van der Waals surface area contributed by atoms with Crippen LogP contribution >= 0.6 is 0 Å². The van der Waals surface area contributed by atoms with Crippen molar-refractivity contribution in [1.29, 1.82) is 0 Å². The van der Waals surface area contributed by atoms with Crippen molar-refractivity contribution in [2.45, 2.75) is 107 Å². The van der Waals surface area contributed by atoms with Crippen LogP contribution in [0, 0.1) is 27.3 Å². The smallest absolute Gasteiger partial charge is 0.297 e. The lowest BCUT2D eigenvalue weighted by Crippen LogP contribution is -2.58. The van der Waals surface area contributed by atoms with Gasteiger partial charge in [-0.05, 0) is 105 Å². The van der Waals surface area contributed by atoms with E-state index >= 15 is 0 Å². The fourth-order valence-corrected chi connectivity index (χ4v) is 12.3. The zero-order valence-electron chi connectivity index (χ0n) is 38.5. The zero-order valence-corrected chi connectivity index (χ0v) is 39.3. The molecule has 3 aromatic carbocycles. The maximum Gasteiger partial charge on any atom is 0.297 e. The number of anilines is 2. The highest BCUT2D eigenvalue weighted by Crippen LogP contribution is 2.53. The molecule has 3 aliphatic heterocycles. The maximum absolute atomic E-state index is 14.7. The average molecular weight is 952 g/mol. The van der Waals surface area contributed by atoms with Crippen molar-refractivity contribution >= 4 is 44.0 Å². The van der Waals surface area contributed by atoms with Gasteiger partial charge in [0.1, 0.15) is 29.6 Å². The predicted molar refractivity (Wildman–Crippen MR) is 254 cm³/mol. The Kier molecular flexibility index (Phi) is 12.1. The highest BCUT2D eigenvalue weighted by Gasteiger charge is 2.50. The van der Waals surface area contributed by atoms with Gasteiger partial charge in [0.25, 0.3) is 21.6 Å². The summed E-state index contributed by atoms with van der Waals surface area (Å²) in [6, 6.07) is 17.6. The minimum atomic E-state index is -4.72. The van der Waals surface area contributed by atoms with Crippen molar-refractivity contribution in [1.82, 2.24) is 19.6 Å². The monoisotopic (exact) mass is 951 g/mol. The molecule has 5 heterocycles. The summed E-state index contributed by atoms with van der Waals surface area (Å²) in [5.41, 5.74) is 2.63. The first kappa shape index (κ1) is 45.9. The lowest BCUT2D eigenvalue weighted by Gasteiger charge is -2.57. The normalized spacial score (nSPS) is 24.2. The van der Waals surface area contributed by atoms with E-state index in [-0.39, 0.29) is 63.9 Å². The number of morpholine rings is 1. The highest BCUT2D eigenvalue weighted by molar-refractivity contribution is 7.90. The Bertz CT molecular complexity index is 2850. The van der Waals surface area contributed by atoms with Crippen LogP contribution in [0.1, 0.15) is 106 Å². The van der Waals surface area contributed by atoms with Gasteiger partial charge < -0.3 is 34.5 Å². The minimum absolute atomic E-state index is 0.00977. The van der Waals surface area contributed by atoms with Crippen molar-refractivity contribution < 1.29 is 41.8 Å². The summed E-state index contributed by atoms with van der Waals surface area (Å²) in [6.45, 7) is 10.2. The van der Waals surface area contributed by atoms with E-state index in [0.717, 1.165) is 69.7 Å².